The Morgan fingerprint density at radius 1 is 1.08 bits per heavy atom. The van der Waals surface area contributed by atoms with E-state index in [-0.39, 0.29) is 11.8 Å². The molecule has 0 aliphatic rings. The molecule has 0 bridgehead atoms. The van der Waals surface area contributed by atoms with Crippen LogP contribution in [-0.2, 0) is 10.0 Å². The van der Waals surface area contributed by atoms with Crippen LogP contribution in [0.4, 0.5) is 0 Å². The van der Waals surface area contributed by atoms with Crippen molar-refractivity contribution in [3.8, 4) is 0 Å². The predicted octanol–water partition coefficient (Wildman–Crippen LogP) is 1.70. The van der Waals surface area contributed by atoms with Crippen LogP contribution in [0.5, 0.6) is 0 Å². The zero-order valence-electron chi connectivity index (χ0n) is 8.33. The smallest absolute Gasteiger partial charge is 0.205 e. The van der Waals surface area contributed by atoms with E-state index < -0.39 is 10.0 Å². The van der Waals surface area contributed by atoms with Gasteiger partial charge >= 0.3 is 0 Å². The second-order valence-electron chi connectivity index (χ2n) is 3.56. The van der Waals surface area contributed by atoms with E-state index in [1.54, 1.807) is 0 Å². The molecule has 0 atom stereocenters. The van der Waals surface area contributed by atoms with Crippen LogP contribution >= 0.6 is 0 Å². The van der Waals surface area contributed by atoms with E-state index in [0.29, 0.717) is 0 Å². The van der Waals surface area contributed by atoms with Crippen molar-refractivity contribution >= 4 is 15.7 Å². The Hall–Kier alpha value is -0.380. The summed E-state index contributed by atoms with van der Waals surface area (Å²) in [6, 6.07) is 0. The highest BCUT2D eigenvalue weighted by Gasteiger charge is 2.12. The lowest BCUT2D eigenvalue weighted by molar-refractivity contribution is 0.602. The van der Waals surface area contributed by atoms with Gasteiger partial charge in [-0.25, -0.2) is 8.42 Å². The van der Waals surface area contributed by atoms with Crippen LogP contribution in [0.2, 0.25) is 0 Å². The average Bonchev–Trinajstić information content (AvgIpc) is 1.79. The second kappa shape index (κ2) is 4.03. The van der Waals surface area contributed by atoms with Crippen molar-refractivity contribution in [1.29, 1.82) is 0 Å². The lowest BCUT2D eigenvalue weighted by atomic mass is 9.98. The molecule has 72 valence electrons. The van der Waals surface area contributed by atoms with Gasteiger partial charge in [0.15, 0.2) is 0 Å². The van der Waals surface area contributed by atoms with E-state index in [9.17, 15) is 8.42 Å². The van der Waals surface area contributed by atoms with Gasteiger partial charge in [0.05, 0.1) is 6.26 Å². The first kappa shape index (κ1) is 11.6. The van der Waals surface area contributed by atoms with Gasteiger partial charge in [-0.2, -0.15) is 4.40 Å². The van der Waals surface area contributed by atoms with E-state index in [0.717, 1.165) is 12.0 Å². The Morgan fingerprint density at radius 2 is 1.42 bits per heavy atom. The zero-order valence-corrected chi connectivity index (χ0v) is 9.14. The van der Waals surface area contributed by atoms with Gasteiger partial charge in [0.25, 0.3) is 0 Å². The highest BCUT2D eigenvalue weighted by molar-refractivity contribution is 7.89. The number of rotatable bonds is 3. The van der Waals surface area contributed by atoms with Gasteiger partial charge in [-0.3, -0.25) is 0 Å². The van der Waals surface area contributed by atoms with Crippen molar-refractivity contribution in [2.45, 2.75) is 27.7 Å². The van der Waals surface area contributed by atoms with Crippen molar-refractivity contribution in [2.75, 3.05) is 6.26 Å². The highest BCUT2D eigenvalue weighted by Crippen LogP contribution is 2.09. The molecule has 0 rings (SSSR count). The minimum Gasteiger partial charge on any atom is -0.205 e. The second-order valence-corrected chi connectivity index (χ2v) is 5.21. The Morgan fingerprint density at radius 3 is 1.50 bits per heavy atom. The SMILES string of the molecule is CC(C)C(=NS(C)(=O)=O)C(C)C. The molecule has 0 N–H and O–H groups in total. The number of hydrogen-bond acceptors (Lipinski definition) is 2. The Kier molecular flexibility index (Phi) is 3.90. The van der Waals surface area contributed by atoms with Gasteiger partial charge in [-0.1, -0.05) is 27.7 Å². The van der Waals surface area contributed by atoms with Crippen molar-refractivity contribution in [1.82, 2.24) is 0 Å². The van der Waals surface area contributed by atoms with Crippen LogP contribution in [0.1, 0.15) is 27.7 Å². The minimum absolute atomic E-state index is 0.194. The fourth-order valence-electron chi connectivity index (χ4n) is 1.07. The fourth-order valence-corrected chi connectivity index (χ4v) is 1.87. The minimum atomic E-state index is -3.23. The summed E-state index contributed by atoms with van der Waals surface area (Å²) >= 11 is 0. The van der Waals surface area contributed by atoms with Crippen molar-refractivity contribution in [3.63, 3.8) is 0 Å². The molecule has 12 heavy (non-hydrogen) atoms. The van der Waals surface area contributed by atoms with Crippen molar-refractivity contribution < 1.29 is 8.42 Å². The summed E-state index contributed by atoms with van der Waals surface area (Å²) in [5, 5.41) is 0. The number of nitrogens with zero attached hydrogens (tertiary/aromatic N) is 1. The molecule has 0 saturated heterocycles. The van der Waals surface area contributed by atoms with E-state index >= 15 is 0 Å². The molecule has 3 nitrogen and oxygen atoms in total. The summed E-state index contributed by atoms with van der Waals surface area (Å²) in [7, 11) is -3.23. The molecule has 0 heterocycles. The molecule has 0 aromatic rings. The molecule has 0 amide bonds. The first-order chi connectivity index (χ1) is 5.24. The average molecular weight is 191 g/mol. The Bertz CT molecular complexity index is 253. The highest BCUT2D eigenvalue weighted by atomic mass is 32.2. The maximum Gasteiger partial charge on any atom is 0.250 e. The molecule has 0 unspecified atom stereocenters. The number of sulfonamides is 1. The van der Waals surface area contributed by atoms with E-state index in [2.05, 4.69) is 4.40 Å². The monoisotopic (exact) mass is 191 g/mol. The number of hydrogen-bond donors (Lipinski definition) is 0. The standard InChI is InChI=1S/C8H17NO2S/c1-6(2)8(7(3)4)9-12(5,10)11/h6-7H,1-5H3. The predicted molar refractivity (Wildman–Crippen MR) is 52.0 cm³/mol. The summed E-state index contributed by atoms with van der Waals surface area (Å²) in [6.45, 7) is 7.79. The van der Waals surface area contributed by atoms with E-state index in [1.807, 2.05) is 27.7 Å². The summed E-state index contributed by atoms with van der Waals surface area (Å²) in [6.07, 6.45) is 1.12. The largest absolute Gasteiger partial charge is 0.250 e. The van der Waals surface area contributed by atoms with E-state index in [4.69, 9.17) is 0 Å². The normalized spacial score (nSPS) is 12.2. The Labute approximate surface area is 74.9 Å². The lowest BCUT2D eigenvalue weighted by Gasteiger charge is -2.12. The molecular formula is C8H17NO2S. The third kappa shape index (κ3) is 4.49. The van der Waals surface area contributed by atoms with E-state index in [1.165, 1.54) is 0 Å². The molecule has 4 heteroatoms. The summed E-state index contributed by atoms with van der Waals surface area (Å²) in [4.78, 5) is 0. The van der Waals surface area contributed by atoms with Gasteiger partial charge < -0.3 is 0 Å². The molecule has 0 aromatic carbocycles. The molecule has 0 fully saturated rings. The molecule has 0 radical (unpaired) electrons. The topological polar surface area (TPSA) is 46.5 Å². The third-order valence-electron chi connectivity index (χ3n) is 1.45. The fraction of sp³-hybridized carbons (Fsp3) is 0.875. The molecule has 0 aromatic heterocycles. The van der Waals surface area contributed by atoms with Gasteiger partial charge in [-0.15, -0.1) is 0 Å². The molecular weight excluding hydrogens is 174 g/mol. The quantitative estimate of drug-likeness (QED) is 0.637. The Balaban J connectivity index is 4.88. The molecule has 0 aliphatic carbocycles. The van der Waals surface area contributed by atoms with Gasteiger partial charge in [0.1, 0.15) is 0 Å². The first-order valence-electron chi connectivity index (χ1n) is 4.03. The van der Waals surface area contributed by atoms with Crippen LogP contribution in [0, 0.1) is 11.8 Å². The van der Waals surface area contributed by atoms with Crippen LogP contribution in [0.25, 0.3) is 0 Å². The summed E-state index contributed by atoms with van der Waals surface area (Å²) in [5.41, 5.74) is 0.748. The van der Waals surface area contributed by atoms with Crippen molar-refractivity contribution in [3.05, 3.63) is 0 Å². The maximum atomic E-state index is 10.9. The van der Waals surface area contributed by atoms with Crippen LogP contribution in [0.15, 0.2) is 4.40 Å². The molecule has 0 spiro atoms. The first-order valence-corrected chi connectivity index (χ1v) is 5.88. The van der Waals surface area contributed by atoms with Gasteiger partial charge in [-0.05, 0) is 11.8 Å². The maximum absolute atomic E-state index is 10.9. The van der Waals surface area contributed by atoms with Crippen LogP contribution < -0.4 is 0 Å². The van der Waals surface area contributed by atoms with Crippen LogP contribution in [0.3, 0.4) is 0 Å². The van der Waals surface area contributed by atoms with Gasteiger partial charge in [0.2, 0.25) is 10.0 Å². The van der Waals surface area contributed by atoms with Crippen LogP contribution in [-0.4, -0.2) is 20.4 Å². The lowest BCUT2D eigenvalue weighted by Crippen LogP contribution is -2.16. The van der Waals surface area contributed by atoms with Crippen molar-refractivity contribution in [2.24, 2.45) is 16.2 Å². The molecule has 0 saturated carbocycles. The summed E-state index contributed by atoms with van der Waals surface area (Å²) in [5.74, 6) is 0.388. The molecule has 0 aliphatic heterocycles. The zero-order chi connectivity index (χ0) is 9.94. The van der Waals surface area contributed by atoms with Gasteiger partial charge in [0, 0.05) is 5.71 Å². The third-order valence-corrected chi connectivity index (χ3v) is 2.00. The summed E-state index contributed by atoms with van der Waals surface area (Å²) < 4.78 is 25.4.